The van der Waals surface area contributed by atoms with Crippen LogP contribution in [0.5, 0.6) is 0 Å². The molecule has 17 heavy (non-hydrogen) atoms. The Labute approximate surface area is 111 Å². The fourth-order valence-electron chi connectivity index (χ4n) is 1.77. The average Bonchev–Trinajstić information content (AvgIpc) is 2.26. The molecule has 0 heterocycles. The van der Waals surface area contributed by atoms with Gasteiger partial charge in [-0.1, -0.05) is 22.0 Å². The Bertz CT molecular complexity index is 462. The standard InChI is InChI=1S/C14H17BrO2/c1-5-17-13(16)7-6-12-9(2)8-10(3)14(15)11(12)4/h6-8H,5H2,1-4H3/b7-6+. The lowest BCUT2D eigenvalue weighted by Gasteiger charge is -2.10. The second-order valence-electron chi connectivity index (χ2n) is 3.95. The van der Waals surface area contributed by atoms with Gasteiger partial charge in [-0.15, -0.1) is 0 Å². The first-order valence-corrected chi connectivity index (χ1v) is 6.37. The van der Waals surface area contributed by atoms with E-state index in [2.05, 4.69) is 28.9 Å². The number of ether oxygens (including phenoxy) is 1. The van der Waals surface area contributed by atoms with Crippen LogP contribution in [0.3, 0.4) is 0 Å². The number of hydrogen-bond acceptors (Lipinski definition) is 2. The zero-order chi connectivity index (χ0) is 13.0. The number of esters is 1. The number of hydrogen-bond donors (Lipinski definition) is 0. The molecule has 0 saturated heterocycles. The monoisotopic (exact) mass is 296 g/mol. The van der Waals surface area contributed by atoms with Gasteiger partial charge < -0.3 is 4.74 Å². The maximum atomic E-state index is 11.3. The summed E-state index contributed by atoms with van der Waals surface area (Å²) in [7, 11) is 0. The number of carbonyl (C=O) groups excluding carboxylic acids is 1. The molecule has 1 aromatic carbocycles. The van der Waals surface area contributed by atoms with Gasteiger partial charge in [0.05, 0.1) is 6.61 Å². The minimum absolute atomic E-state index is 0.303. The van der Waals surface area contributed by atoms with Crippen molar-refractivity contribution in [3.05, 3.63) is 38.9 Å². The van der Waals surface area contributed by atoms with Crippen molar-refractivity contribution in [3.8, 4) is 0 Å². The van der Waals surface area contributed by atoms with Crippen molar-refractivity contribution in [3.63, 3.8) is 0 Å². The molecule has 1 aromatic rings. The Kier molecular flexibility index (Phi) is 4.94. The quantitative estimate of drug-likeness (QED) is 0.623. The molecule has 0 radical (unpaired) electrons. The highest BCUT2D eigenvalue weighted by molar-refractivity contribution is 9.10. The largest absolute Gasteiger partial charge is 0.463 e. The summed E-state index contributed by atoms with van der Waals surface area (Å²) in [6.45, 7) is 8.33. The summed E-state index contributed by atoms with van der Waals surface area (Å²) >= 11 is 3.55. The highest BCUT2D eigenvalue weighted by atomic mass is 79.9. The third-order valence-corrected chi connectivity index (χ3v) is 3.83. The zero-order valence-electron chi connectivity index (χ0n) is 10.6. The number of rotatable bonds is 3. The van der Waals surface area contributed by atoms with Crippen LogP contribution in [0.4, 0.5) is 0 Å². The van der Waals surface area contributed by atoms with Crippen LogP contribution in [0.25, 0.3) is 6.08 Å². The lowest BCUT2D eigenvalue weighted by Crippen LogP contribution is -1.99. The lowest BCUT2D eigenvalue weighted by molar-refractivity contribution is -0.137. The van der Waals surface area contributed by atoms with E-state index in [1.165, 1.54) is 11.6 Å². The Morgan fingerprint density at radius 3 is 2.59 bits per heavy atom. The van der Waals surface area contributed by atoms with Crippen LogP contribution >= 0.6 is 15.9 Å². The molecule has 0 bridgehead atoms. The first kappa shape index (κ1) is 14.0. The van der Waals surface area contributed by atoms with Gasteiger partial charge in [0.25, 0.3) is 0 Å². The van der Waals surface area contributed by atoms with Gasteiger partial charge in [-0.05, 0) is 56.0 Å². The van der Waals surface area contributed by atoms with E-state index in [1.54, 1.807) is 6.92 Å². The molecule has 0 aliphatic heterocycles. The number of benzene rings is 1. The predicted molar refractivity (Wildman–Crippen MR) is 74.0 cm³/mol. The molecular formula is C14H17BrO2. The van der Waals surface area contributed by atoms with E-state index in [4.69, 9.17) is 4.74 Å². The molecule has 0 aliphatic rings. The first-order chi connectivity index (χ1) is 7.97. The molecule has 3 heteroatoms. The molecule has 0 spiro atoms. The van der Waals surface area contributed by atoms with Gasteiger partial charge >= 0.3 is 5.97 Å². The SMILES string of the molecule is CCOC(=O)/C=C/c1c(C)cc(C)c(Br)c1C. The Morgan fingerprint density at radius 1 is 1.35 bits per heavy atom. The van der Waals surface area contributed by atoms with Crippen molar-refractivity contribution in [2.24, 2.45) is 0 Å². The van der Waals surface area contributed by atoms with Gasteiger partial charge in [-0.2, -0.15) is 0 Å². The molecule has 92 valence electrons. The van der Waals surface area contributed by atoms with Gasteiger partial charge in [0, 0.05) is 10.5 Å². The topological polar surface area (TPSA) is 26.3 Å². The number of halogens is 1. The van der Waals surface area contributed by atoms with Crippen molar-refractivity contribution >= 4 is 28.0 Å². The Balaban J connectivity index is 3.07. The molecule has 2 nitrogen and oxygen atoms in total. The van der Waals surface area contributed by atoms with Crippen molar-refractivity contribution in [1.29, 1.82) is 0 Å². The summed E-state index contributed by atoms with van der Waals surface area (Å²) in [6.07, 6.45) is 3.29. The predicted octanol–water partition coefficient (Wildman–Crippen LogP) is 3.95. The summed E-state index contributed by atoms with van der Waals surface area (Å²) in [4.78, 5) is 11.3. The normalized spacial score (nSPS) is 10.9. The van der Waals surface area contributed by atoms with Crippen molar-refractivity contribution < 1.29 is 9.53 Å². The van der Waals surface area contributed by atoms with E-state index in [1.807, 2.05) is 19.9 Å². The fraction of sp³-hybridized carbons (Fsp3) is 0.357. The average molecular weight is 297 g/mol. The highest BCUT2D eigenvalue weighted by Crippen LogP contribution is 2.27. The number of carbonyl (C=O) groups is 1. The molecule has 0 fully saturated rings. The maximum Gasteiger partial charge on any atom is 0.330 e. The zero-order valence-corrected chi connectivity index (χ0v) is 12.2. The molecule has 0 amide bonds. The Hall–Kier alpha value is -1.09. The summed E-state index contributed by atoms with van der Waals surface area (Å²) in [6, 6.07) is 2.10. The summed E-state index contributed by atoms with van der Waals surface area (Å²) < 4.78 is 5.95. The summed E-state index contributed by atoms with van der Waals surface area (Å²) in [5.41, 5.74) is 4.57. The third kappa shape index (κ3) is 3.43. The third-order valence-electron chi connectivity index (χ3n) is 2.61. The van der Waals surface area contributed by atoms with Gasteiger partial charge in [0.2, 0.25) is 0 Å². The van der Waals surface area contributed by atoms with Gasteiger partial charge in [0.15, 0.2) is 0 Å². The smallest absolute Gasteiger partial charge is 0.330 e. The van der Waals surface area contributed by atoms with Crippen LogP contribution < -0.4 is 0 Å². The molecule has 0 saturated carbocycles. The van der Waals surface area contributed by atoms with E-state index >= 15 is 0 Å². The van der Waals surface area contributed by atoms with Crippen LogP contribution in [0.2, 0.25) is 0 Å². The molecular weight excluding hydrogens is 280 g/mol. The van der Waals surface area contributed by atoms with Gasteiger partial charge in [-0.25, -0.2) is 4.79 Å². The lowest BCUT2D eigenvalue weighted by atomic mass is 9.99. The second kappa shape index (κ2) is 6.01. The van der Waals surface area contributed by atoms with Gasteiger partial charge in [-0.3, -0.25) is 0 Å². The molecule has 1 rings (SSSR count). The van der Waals surface area contributed by atoms with E-state index in [-0.39, 0.29) is 5.97 Å². The minimum Gasteiger partial charge on any atom is -0.463 e. The molecule has 0 atom stereocenters. The van der Waals surface area contributed by atoms with E-state index < -0.39 is 0 Å². The fourth-order valence-corrected chi connectivity index (χ4v) is 2.10. The van der Waals surface area contributed by atoms with Crippen molar-refractivity contribution in [1.82, 2.24) is 0 Å². The van der Waals surface area contributed by atoms with Crippen LogP contribution in [0.15, 0.2) is 16.6 Å². The molecule has 0 aliphatic carbocycles. The molecule has 0 aromatic heterocycles. The molecule has 0 unspecified atom stereocenters. The van der Waals surface area contributed by atoms with E-state index in [9.17, 15) is 4.79 Å². The van der Waals surface area contributed by atoms with Crippen molar-refractivity contribution in [2.45, 2.75) is 27.7 Å². The number of aryl methyl sites for hydroxylation is 2. The van der Waals surface area contributed by atoms with E-state index in [0.29, 0.717) is 6.61 Å². The minimum atomic E-state index is -0.303. The van der Waals surface area contributed by atoms with E-state index in [0.717, 1.165) is 21.2 Å². The van der Waals surface area contributed by atoms with Crippen LogP contribution in [-0.2, 0) is 9.53 Å². The second-order valence-corrected chi connectivity index (χ2v) is 4.74. The van der Waals surface area contributed by atoms with Crippen LogP contribution in [-0.4, -0.2) is 12.6 Å². The molecule has 0 N–H and O–H groups in total. The highest BCUT2D eigenvalue weighted by Gasteiger charge is 2.07. The van der Waals surface area contributed by atoms with Crippen LogP contribution in [0.1, 0.15) is 29.2 Å². The summed E-state index contributed by atoms with van der Waals surface area (Å²) in [5.74, 6) is -0.303. The van der Waals surface area contributed by atoms with Crippen molar-refractivity contribution in [2.75, 3.05) is 6.61 Å². The summed E-state index contributed by atoms with van der Waals surface area (Å²) in [5, 5.41) is 0. The van der Waals surface area contributed by atoms with Gasteiger partial charge in [0.1, 0.15) is 0 Å². The van der Waals surface area contributed by atoms with Crippen LogP contribution in [0, 0.1) is 20.8 Å². The Morgan fingerprint density at radius 2 is 2.00 bits per heavy atom. The maximum absolute atomic E-state index is 11.3. The first-order valence-electron chi connectivity index (χ1n) is 5.58.